The van der Waals surface area contributed by atoms with E-state index in [0.717, 1.165) is 0 Å². The molecule has 8 heteroatoms. The number of hydrogen-bond donors (Lipinski definition) is 0. The van der Waals surface area contributed by atoms with Gasteiger partial charge in [0.25, 0.3) is 0 Å². The molecular weight excluding hydrogens is 357 g/mol. The number of halogens is 2. The summed E-state index contributed by atoms with van der Waals surface area (Å²) in [5, 5.41) is 11.8. The minimum absolute atomic E-state index is 0.00322. The van der Waals surface area contributed by atoms with Crippen LogP contribution in [0, 0.1) is 10.1 Å². The highest BCUT2D eigenvalue weighted by Gasteiger charge is 2.19. The minimum atomic E-state index is -0.640. The number of nitro benzene ring substituents is 1. The van der Waals surface area contributed by atoms with Gasteiger partial charge in [-0.05, 0) is 30.2 Å². The molecule has 0 spiro atoms. The Bertz CT molecular complexity index is 779. The van der Waals surface area contributed by atoms with Crippen molar-refractivity contribution in [2.24, 2.45) is 0 Å². The molecule has 24 heavy (non-hydrogen) atoms. The summed E-state index contributed by atoms with van der Waals surface area (Å²) >= 11 is 12.0. The molecule has 0 unspecified atom stereocenters. The number of carbonyl (C=O) groups is 1. The van der Waals surface area contributed by atoms with Crippen LogP contribution in [0.3, 0.4) is 0 Å². The average molecular weight is 370 g/mol. The zero-order valence-corrected chi connectivity index (χ0v) is 14.1. The summed E-state index contributed by atoms with van der Waals surface area (Å²) in [6.07, 6.45) is 0.311. The monoisotopic (exact) mass is 369 g/mol. The number of methoxy groups -OCH3 is 1. The predicted octanol–water partition coefficient (Wildman–Crippen LogP) is 4.45. The van der Waals surface area contributed by atoms with Gasteiger partial charge < -0.3 is 9.47 Å². The van der Waals surface area contributed by atoms with Crippen LogP contribution in [-0.4, -0.2) is 18.0 Å². The van der Waals surface area contributed by atoms with Gasteiger partial charge in [-0.1, -0.05) is 35.3 Å². The molecular formula is C16H13Cl2NO5. The van der Waals surface area contributed by atoms with Crippen molar-refractivity contribution in [3.05, 3.63) is 62.1 Å². The van der Waals surface area contributed by atoms with Crippen LogP contribution in [0.25, 0.3) is 0 Å². The maximum absolute atomic E-state index is 12.0. The van der Waals surface area contributed by atoms with Gasteiger partial charge in [0, 0.05) is 0 Å². The molecule has 0 saturated heterocycles. The van der Waals surface area contributed by atoms with Crippen molar-refractivity contribution in [1.82, 2.24) is 0 Å². The lowest BCUT2D eigenvalue weighted by Crippen LogP contribution is -2.10. The highest BCUT2D eigenvalue weighted by molar-refractivity contribution is 6.42. The standard InChI is InChI=1S/C16H13Cl2NO5/c1-23-11-6-7-14(13(9-11)19(21)22)24-15(20)8-5-10-3-2-4-12(17)16(10)18/h2-4,6-7,9H,5,8H2,1H3. The van der Waals surface area contributed by atoms with Crippen molar-refractivity contribution >= 4 is 34.9 Å². The third-order valence-electron chi connectivity index (χ3n) is 3.22. The van der Waals surface area contributed by atoms with E-state index in [1.807, 2.05) is 0 Å². The van der Waals surface area contributed by atoms with Crippen LogP contribution in [0.2, 0.25) is 10.0 Å². The molecule has 0 heterocycles. The van der Waals surface area contributed by atoms with Gasteiger partial charge in [-0.3, -0.25) is 14.9 Å². The van der Waals surface area contributed by atoms with Crippen LogP contribution in [0.1, 0.15) is 12.0 Å². The van der Waals surface area contributed by atoms with Crippen molar-refractivity contribution in [3.8, 4) is 11.5 Å². The van der Waals surface area contributed by atoms with E-state index >= 15 is 0 Å². The molecule has 0 aliphatic heterocycles. The molecule has 0 N–H and O–H groups in total. The Labute approximate surface area is 148 Å². The van der Waals surface area contributed by atoms with Gasteiger partial charge in [-0.25, -0.2) is 0 Å². The number of aryl methyl sites for hydroxylation is 1. The van der Waals surface area contributed by atoms with Crippen molar-refractivity contribution in [1.29, 1.82) is 0 Å². The van der Waals surface area contributed by atoms with Crippen LogP contribution in [0.15, 0.2) is 36.4 Å². The smallest absolute Gasteiger partial charge is 0.315 e. The summed E-state index contributed by atoms with van der Waals surface area (Å²) in [5.41, 5.74) is 0.355. The van der Waals surface area contributed by atoms with E-state index in [4.69, 9.17) is 32.7 Å². The zero-order valence-electron chi connectivity index (χ0n) is 12.6. The summed E-state index contributed by atoms with van der Waals surface area (Å²) in [5.74, 6) is -0.450. The zero-order chi connectivity index (χ0) is 17.7. The number of ether oxygens (including phenoxy) is 2. The average Bonchev–Trinajstić information content (AvgIpc) is 2.56. The lowest BCUT2D eigenvalue weighted by molar-refractivity contribution is -0.385. The van der Waals surface area contributed by atoms with Crippen molar-refractivity contribution in [2.45, 2.75) is 12.8 Å². The summed E-state index contributed by atoms with van der Waals surface area (Å²) in [7, 11) is 1.39. The van der Waals surface area contributed by atoms with Gasteiger partial charge in [0.15, 0.2) is 0 Å². The molecule has 0 amide bonds. The molecule has 2 aromatic carbocycles. The lowest BCUT2D eigenvalue weighted by Gasteiger charge is -2.08. The van der Waals surface area contributed by atoms with Gasteiger partial charge in [0.2, 0.25) is 5.75 Å². The van der Waals surface area contributed by atoms with Crippen LogP contribution in [0.5, 0.6) is 11.5 Å². The predicted molar refractivity (Wildman–Crippen MR) is 90.1 cm³/mol. The van der Waals surface area contributed by atoms with Gasteiger partial charge in [0.05, 0.1) is 34.6 Å². The van der Waals surface area contributed by atoms with Crippen LogP contribution in [0.4, 0.5) is 5.69 Å². The normalized spacial score (nSPS) is 10.3. The summed E-state index contributed by atoms with van der Waals surface area (Å²) < 4.78 is 10.0. The summed E-state index contributed by atoms with van der Waals surface area (Å²) in [4.78, 5) is 22.4. The Morgan fingerprint density at radius 3 is 2.67 bits per heavy atom. The molecule has 2 aromatic rings. The highest BCUT2D eigenvalue weighted by atomic mass is 35.5. The van der Waals surface area contributed by atoms with Crippen LogP contribution < -0.4 is 9.47 Å². The molecule has 0 atom stereocenters. The largest absolute Gasteiger partial charge is 0.496 e. The number of hydrogen-bond acceptors (Lipinski definition) is 5. The maximum Gasteiger partial charge on any atom is 0.315 e. The molecule has 0 radical (unpaired) electrons. The van der Waals surface area contributed by atoms with E-state index in [1.54, 1.807) is 18.2 Å². The second kappa shape index (κ2) is 7.99. The molecule has 0 aliphatic carbocycles. The first-order valence-electron chi connectivity index (χ1n) is 6.88. The lowest BCUT2D eigenvalue weighted by atomic mass is 10.1. The first-order chi connectivity index (χ1) is 11.4. The van der Waals surface area contributed by atoms with Crippen LogP contribution >= 0.6 is 23.2 Å². The fourth-order valence-corrected chi connectivity index (χ4v) is 2.42. The van der Waals surface area contributed by atoms with Gasteiger partial charge in [-0.2, -0.15) is 0 Å². The fourth-order valence-electron chi connectivity index (χ4n) is 2.01. The molecule has 0 aromatic heterocycles. The molecule has 0 saturated carbocycles. The van der Waals surface area contributed by atoms with E-state index in [2.05, 4.69) is 0 Å². The number of carbonyl (C=O) groups excluding carboxylic acids is 1. The van der Waals surface area contributed by atoms with Gasteiger partial charge in [-0.15, -0.1) is 0 Å². The molecule has 126 valence electrons. The molecule has 6 nitrogen and oxygen atoms in total. The van der Waals surface area contributed by atoms with E-state index in [-0.39, 0.29) is 17.9 Å². The maximum atomic E-state index is 12.0. The molecule has 2 rings (SSSR count). The third kappa shape index (κ3) is 4.37. The Morgan fingerprint density at radius 1 is 1.25 bits per heavy atom. The second-order valence-corrected chi connectivity index (χ2v) is 5.56. The van der Waals surface area contributed by atoms with Crippen molar-refractivity contribution in [2.75, 3.05) is 7.11 Å². The van der Waals surface area contributed by atoms with Crippen molar-refractivity contribution < 1.29 is 19.2 Å². The number of nitro groups is 1. The van der Waals surface area contributed by atoms with E-state index in [1.165, 1.54) is 25.3 Å². The molecule has 0 aliphatic rings. The topological polar surface area (TPSA) is 78.7 Å². The Hall–Kier alpha value is -2.31. The Balaban J connectivity index is 2.07. The number of benzene rings is 2. The first-order valence-corrected chi connectivity index (χ1v) is 7.64. The second-order valence-electron chi connectivity index (χ2n) is 4.78. The minimum Gasteiger partial charge on any atom is -0.496 e. The fraction of sp³-hybridized carbons (Fsp3) is 0.188. The molecule has 0 bridgehead atoms. The highest BCUT2D eigenvalue weighted by Crippen LogP contribution is 2.31. The Morgan fingerprint density at radius 2 is 2.00 bits per heavy atom. The van der Waals surface area contributed by atoms with E-state index in [9.17, 15) is 14.9 Å². The van der Waals surface area contributed by atoms with Gasteiger partial charge >= 0.3 is 11.7 Å². The van der Waals surface area contributed by atoms with Crippen molar-refractivity contribution in [3.63, 3.8) is 0 Å². The van der Waals surface area contributed by atoms with E-state index < -0.39 is 10.9 Å². The number of rotatable bonds is 6. The first kappa shape index (κ1) is 18.0. The Kier molecular flexibility index (Phi) is 6.00. The summed E-state index contributed by atoms with van der Waals surface area (Å²) in [6.45, 7) is 0. The number of nitrogens with zero attached hydrogens (tertiary/aromatic N) is 1. The van der Waals surface area contributed by atoms with Gasteiger partial charge in [0.1, 0.15) is 5.75 Å². The number of esters is 1. The summed E-state index contributed by atoms with van der Waals surface area (Å²) in [6, 6.07) is 9.11. The van der Waals surface area contributed by atoms with Crippen LogP contribution in [-0.2, 0) is 11.2 Å². The third-order valence-corrected chi connectivity index (χ3v) is 4.07. The molecule has 0 fully saturated rings. The quantitative estimate of drug-likeness (QED) is 0.325. The SMILES string of the molecule is COc1ccc(OC(=O)CCc2cccc(Cl)c2Cl)c([N+](=O)[O-])c1. The van der Waals surface area contributed by atoms with E-state index in [0.29, 0.717) is 27.8 Å².